The number of aromatic hydroxyl groups is 1. The summed E-state index contributed by atoms with van der Waals surface area (Å²) in [7, 11) is -3.20. The normalized spacial score (nSPS) is 11.3. The molecule has 2 rings (SSSR count). The van der Waals surface area contributed by atoms with Crippen molar-refractivity contribution in [1.29, 1.82) is 0 Å². The number of sulfone groups is 1. The summed E-state index contributed by atoms with van der Waals surface area (Å²) in [5.41, 5.74) is 0.865. The molecule has 2 aromatic rings. The maximum Gasteiger partial charge on any atom is 0.339 e. The maximum absolute atomic E-state index is 12.3. The van der Waals surface area contributed by atoms with Gasteiger partial charge in [0.2, 0.25) is 0 Å². The number of hydrogen-bond acceptors (Lipinski definition) is 5. The standard InChI is InChI=1S/C22H28O6S/c1-17-8-11-19(12-9-17)29(26,27)15-7-5-3-2-4-6-14-28-18-10-13-21(23)20(16-18)22(24)25/h8-13,16,23H,2-7,14-15H2,1H3,(H,24,25). The van der Waals surface area contributed by atoms with Gasteiger partial charge in [0, 0.05) is 0 Å². The van der Waals surface area contributed by atoms with Crippen molar-refractivity contribution in [2.75, 3.05) is 12.4 Å². The molecule has 0 heterocycles. The lowest BCUT2D eigenvalue weighted by Crippen LogP contribution is -2.06. The summed E-state index contributed by atoms with van der Waals surface area (Å²) in [6.07, 6.45) is 5.25. The molecule has 0 aliphatic rings. The van der Waals surface area contributed by atoms with E-state index in [1.165, 1.54) is 18.2 Å². The van der Waals surface area contributed by atoms with Crippen LogP contribution in [0.1, 0.15) is 54.4 Å². The van der Waals surface area contributed by atoms with Gasteiger partial charge in [-0.2, -0.15) is 0 Å². The van der Waals surface area contributed by atoms with Crippen molar-refractivity contribution in [1.82, 2.24) is 0 Å². The first kappa shape index (κ1) is 22.7. The Balaban J connectivity index is 1.58. The quantitative estimate of drug-likeness (QED) is 0.487. The average molecular weight is 421 g/mol. The van der Waals surface area contributed by atoms with Gasteiger partial charge in [-0.25, -0.2) is 13.2 Å². The zero-order valence-corrected chi connectivity index (χ0v) is 17.5. The van der Waals surface area contributed by atoms with Crippen LogP contribution < -0.4 is 4.74 Å². The molecule has 0 spiro atoms. The molecule has 0 aliphatic carbocycles. The second-order valence-electron chi connectivity index (χ2n) is 7.09. The first-order valence-electron chi connectivity index (χ1n) is 9.78. The van der Waals surface area contributed by atoms with Gasteiger partial charge in [-0.15, -0.1) is 0 Å². The van der Waals surface area contributed by atoms with Crippen LogP contribution in [-0.4, -0.2) is 37.0 Å². The predicted octanol–water partition coefficient (Wildman–Crippen LogP) is 4.59. The summed E-state index contributed by atoms with van der Waals surface area (Å²) in [6.45, 7) is 2.39. The Morgan fingerprint density at radius 2 is 1.55 bits per heavy atom. The lowest BCUT2D eigenvalue weighted by atomic mass is 10.1. The first-order chi connectivity index (χ1) is 13.8. The van der Waals surface area contributed by atoms with Crippen LogP contribution in [0.25, 0.3) is 0 Å². The number of carbonyl (C=O) groups is 1. The van der Waals surface area contributed by atoms with Crippen LogP contribution in [0.15, 0.2) is 47.4 Å². The third-order valence-electron chi connectivity index (χ3n) is 4.65. The van der Waals surface area contributed by atoms with Crippen LogP contribution in [0.3, 0.4) is 0 Å². The molecule has 2 aromatic carbocycles. The highest BCUT2D eigenvalue weighted by Gasteiger charge is 2.13. The molecule has 0 atom stereocenters. The van der Waals surface area contributed by atoms with E-state index in [0.29, 0.717) is 23.7 Å². The van der Waals surface area contributed by atoms with Crippen LogP contribution >= 0.6 is 0 Å². The fraction of sp³-hybridized carbons (Fsp3) is 0.409. The van der Waals surface area contributed by atoms with E-state index in [-0.39, 0.29) is 17.1 Å². The molecule has 29 heavy (non-hydrogen) atoms. The molecule has 0 saturated heterocycles. The van der Waals surface area contributed by atoms with E-state index in [1.807, 2.05) is 19.1 Å². The third-order valence-corrected chi connectivity index (χ3v) is 6.47. The summed E-state index contributed by atoms with van der Waals surface area (Å²) < 4.78 is 30.1. The molecule has 0 saturated carbocycles. The van der Waals surface area contributed by atoms with E-state index < -0.39 is 15.8 Å². The molecule has 0 fully saturated rings. The van der Waals surface area contributed by atoms with E-state index in [1.54, 1.807) is 12.1 Å². The fourth-order valence-corrected chi connectivity index (χ4v) is 4.30. The largest absolute Gasteiger partial charge is 0.507 e. The smallest absolute Gasteiger partial charge is 0.339 e. The fourth-order valence-electron chi connectivity index (χ4n) is 2.93. The Bertz CT molecular complexity index is 903. The molecule has 2 N–H and O–H groups in total. The molecular formula is C22H28O6S. The molecule has 0 unspecified atom stereocenters. The molecule has 6 nitrogen and oxygen atoms in total. The van der Waals surface area contributed by atoms with E-state index in [9.17, 15) is 18.3 Å². The minimum absolute atomic E-state index is 0.173. The van der Waals surface area contributed by atoms with Gasteiger partial charge in [0.15, 0.2) is 9.84 Å². The van der Waals surface area contributed by atoms with E-state index in [4.69, 9.17) is 9.84 Å². The topological polar surface area (TPSA) is 101 Å². The van der Waals surface area contributed by atoms with Crippen LogP contribution in [-0.2, 0) is 9.84 Å². The SMILES string of the molecule is Cc1ccc(S(=O)(=O)CCCCCCCCOc2ccc(O)c(C(=O)O)c2)cc1. The molecule has 0 aromatic heterocycles. The van der Waals surface area contributed by atoms with Gasteiger partial charge in [-0.3, -0.25) is 0 Å². The highest BCUT2D eigenvalue weighted by atomic mass is 32.2. The third kappa shape index (κ3) is 7.42. The Morgan fingerprint density at radius 3 is 2.21 bits per heavy atom. The average Bonchev–Trinajstić information content (AvgIpc) is 2.68. The predicted molar refractivity (Wildman–Crippen MR) is 111 cm³/mol. The monoisotopic (exact) mass is 420 g/mol. The second-order valence-corrected chi connectivity index (χ2v) is 9.19. The zero-order valence-electron chi connectivity index (χ0n) is 16.6. The molecule has 0 aliphatic heterocycles. The van der Waals surface area contributed by atoms with Crippen molar-refractivity contribution in [2.24, 2.45) is 0 Å². The second kappa shape index (κ2) is 10.9. The van der Waals surface area contributed by atoms with Crippen molar-refractivity contribution < 1.29 is 28.2 Å². The number of carboxylic acid groups (broad SMARTS) is 1. The van der Waals surface area contributed by atoms with E-state index in [0.717, 1.165) is 37.7 Å². The van der Waals surface area contributed by atoms with Gasteiger partial charge in [0.25, 0.3) is 0 Å². The number of carboxylic acids is 1. The van der Waals surface area contributed by atoms with Crippen LogP contribution in [0.5, 0.6) is 11.5 Å². The summed E-state index contributed by atoms with van der Waals surface area (Å²) in [4.78, 5) is 11.4. The maximum atomic E-state index is 12.3. The van der Waals surface area contributed by atoms with Gasteiger partial charge in [0.1, 0.15) is 17.1 Å². The molecular weight excluding hydrogens is 392 g/mol. The molecule has 0 amide bonds. The number of hydrogen-bond donors (Lipinski definition) is 2. The van der Waals surface area contributed by atoms with Crippen molar-refractivity contribution in [3.63, 3.8) is 0 Å². The number of aromatic carboxylic acids is 1. The van der Waals surface area contributed by atoms with Gasteiger partial charge in [-0.05, 0) is 50.1 Å². The lowest BCUT2D eigenvalue weighted by molar-refractivity contribution is 0.0693. The first-order valence-corrected chi connectivity index (χ1v) is 11.4. The number of aryl methyl sites for hydroxylation is 1. The summed E-state index contributed by atoms with van der Waals surface area (Å²) >= 11 is 0. The van der Waals surface area contributed by atoms with Crippen LogP contribution in [0, 0.1) is 6.92 Å². The van der Waals surface area contributed by atoms with Crippen molar-refractivity contribution in [3.8, 4) is 11.5 Å². The van der Waals surface area contributed by atoms with Gasteiger partial charge in [0.05, 0.1) is 17.3 Å². The lowest BCUT2D eigenvalue weighted by Gasteiger charge is -2.08. The van der Waals surface area contributed by atoms with Gasteiger partial charge in [-0.1, -0.05) is 43.4 Å². The highest BCUT2D eigenvalue weighted by Crippen LogP contribution is 2.23. The number of rotatable bonds is 12. The molecule has 7 heteroatoms. The van der Waals surface area contributed by atoms with Crippen molar-refractivity contribution >= 4 is 15.8 Å². The van der Waals surface area contributed by atoms with E-state index in [2.05, 4.69) is 0 Å². The zero-order chi connectivity index (χ0) is 21.3. The Hall–Kier alpha value is -2.54. The molecule has 0 bridgehead atoms. The van der Waals surface area contributed by atoms with Crippen LogP contribution in [0.4, 0.5) is 0 Å². The van der Waals surface area contributed by atoms with Gasteiger partial charge < -0.3 is 14.9 Å². The summed E-state index contributed by atoms with van der Waals surface area (Å²) in [6, 6.07) is 11.1. The number of phenols is 1. The minimum Gasteiger partial charge on any atom is -0.507 e. The highest BCUT2D eigenvalue weighted by molar-refractivity contribution is 7.91. The molecule has 0 radical (unpaired) electrons. The van der Waals surface area contributed by atoms with Crippen LogP contribution in [0.2, 0.25) is 0 Å². The number of ether oxygens (including phenoxy) is 1. The number of unbranched alkanes of at least 4 members (excludes halogenated alkanes) is 5. The summed E-state index contributed by atoms with van der Waals surface area (Å²) in [5.74, 6) is -0.889. The van der Waals surface area contributed by atoms with Gasteiger partial charge >= 0.3 is 5.97 Å². The molecule has 158 valence electrons. The van der Waals surface area contributed by atoms with E-state index >= 15 is 0 Å². The summed E-state index contributed by atoms with van der Waals surface area (Å²) in [5, 5.41) is 18.4. The van der Waals surface area contributed by atoms with Crippen molar-refractivity contribution in [2.45, 2.75) is 50.3 Å². The van der Waals surface area contributed by atoms with Crippen molar-refractivity contribution in [3.05, 3.63) is 53.6 Å². The Kier molecular flexibility index (Phi) is 8.51. The Labute approximate surface area is 172 Å². The minimum atomic E-state index is -3.20. The Morgan fingerprint density at radius 1 is 0.931 bits per heavy atom. The number of benzene rings is 2.